The Labute approximate surface area is 156 Å². The zero-order valence-corrected chi connectivity index (χ0v) is 15.4. The Hall–Kier alpha value is -3.00. The third-order valence-electron chi connectivity index (χ3n) is 4.76. The van der Waals surface area contributed by atoms with Crippen molar-refractivity contribution in [3.05, 3.63) is 54.4 Å². The molecule has 0 amide bonds. The monoisotopic (exact) mass is 379 g/mol. The van der Waals surface area contributed by atoms with Crippen molar-refractivity contribution in [2.45, 2.75) is 23.7 Å². The van der Waals surface area contributed by atoms with Crippen molar-refractivity contribution in [3.8, 4) is 17.2 Å². The maximum Gasteiger partial charge on any atom is 0.184 e. The van der Waals surface area contributed by atoms with Gasteiger partial charge in [-0.15, -0.1) is 0 Å². The molecule has 1 fully saturated rings. The first-order valence-electron chi connectivity index (χ1n) is 8.71. The molecule has 2 heterocycles. The van der Waals surface area contributed by atoms with E-state index in [1.165, 1.54) is 6.26 Å². The number of H-pyrrole nitrogens is 1. The van der Waals surface area contributed by atoms with Gasteiger partial charge in [0.25, 0.3) is 0 Å². The number of nitrogens with zero attached hydrogens (tertiary/aromatic N) is 4. The molecule has 4 aromatic rings. The first kappa shape index (κ1) is 16.2. The molecule has 1 aliphatic carbocycles. The van der Waals surface area contributed by atoms with Gasteiger partial charge >= 0.3 is 0 Å². The van der Waals surface area contributed by atoms with Crippen LogP contribution in [0.4, 0.5) is 0 Å². The van der Waals surface area contributed by atoms with Gasteiger partial charge in [0.05, 0.1) is 16.1 Å². The molecule has 0 saturated heterocycles. The highest BCUT2D eigenvalue weighted by Gasteiger charge is 2.30. The average Bonchev–Trinajstić information content (AvgIpc) is 3.27. The van der Waals surface area contributed by atoms with E-state index in [9.17, 15) is 8.42 Å². The van der Waals surface area contributed by atoms with Crippen LogP contribution >= 0.6 is 0 Å². The molecule has 0 bridgehead atoms. The Kier molecular flexibility index (Phi) is 3.45. The van der Waals surface area contributed by atoms with Crippen molar-refractivity contribution < 1.29 is 8.42 Å². The predicted molar refractivity (Wildman–Crippen MR) is 102 cm³/mol. The summed E-state index contributed by atoms with van der Waals surface area (Å²) in [4.78, 5) is 5.04. The van der Waals surface area contributed by atoms with Gasteiger partial charge in [0.1, 0.15) is 5.69 Å². The van der Waals surface area contributed by atoms with Gasteiger partial charge in [-0.05, 0) is 43.2 Å². The van der Waals surface area contributed by atoms with E-state index in [2.05, 4.69) is 10.2 Å². The Morgan fingerprint density at radius 1 is 1.07 bits per heavy atom. The zero-order chi connectivity index (χ0) is 18.6. The van der Waals surface area contributed by atoms with Crippen LogP contribution in [-0.4, -0.2) is 39.6 Å². The van der Waals surface area contributed by atoms with Gasteiger partial charge in [-0.3, -0.25) is 5.10 Å². The number of fused-ring (bicyclic) bond motifs is 1. The molecule has 5 rings (SSSR count). The summed E-state index contributed by atoms with van der Waals surface area (Å²) in [5.41, 5.74) is 2.42. The number of hydrogen-bond donors (Lipinski definition) is 1. The summed E-state index contributed by atoms with van der Waals surface area (Å²) in [5, 5.41) is 13.2. The molecule has 0 unspecified atom stereocenters. The van der Waals surface area contributed by atoms with Crippen LogP contribution in [0.15, 0.2) is 53.4 Å². The van der Waals surface area contributed by atoms with E-state index in [-0.39, 0.29) is 4.90 Å². The number of aromatic amines is 1. The normalized spacial score (nSPS) is 14.7. The molecular weight excluding hydrogens is 362 g/mol. The molecule has 0 spiro atoms. The summed E-state index contributed by atoms with van der Waals surface area (Å²) in [6.45, 7) is 0. The number of rotatable bonds is 4. The van der Waals surface area contributed by atoms with Crippen LogP contribution in [0.25, 0.3) is 28.1 Å². The van der Waals surface area contributed by atoms with Crippen LogP contribution in [0.5, 0.6) is 0 Å². The van der Waals surface area contributed by atoms with E-state index in [1.807, 2.05) is 24.3 Å². The Bertz CT molecular complexity index is 1250. The number of para-hydroxylation sites is 1. The molecule has 0 atom stereocenters. The molecule has 1 N–H and O–H groups in total. The molecule has 136 valence electrons. The van der Waals surface area contributed by atoms with Gasteiger partial charge in [-0.2, -0.15) is 10.2 Å². The number of hydrogen-bond acceptors (Lipinski definition) is 5. The zero-order valence-electron chi connectivity index (χ0n) is 14.6. The largest absolute Gasteiger partial charge is 0.277 e. The van der Waals surface area contributed by atoms with E-state index >= 15 is 0 Å². The van der Waals surface area contributed by atoms with Crippen molar-refractivity contribution in [2.75, 3.05) is 6.26 Å². The van der Waals surface area contributed by atoms with Gasteiger partial charge in [0, 0.05) is 17.6 Å². The third-order valence-corrected chi connectivity index (χ3v) is 5.89. The molecule has 1 saturated carbocycles. The molecule has 2 aromatic carbocycles. The highest BCUT2D eigenvalue weighted by atomic mass is 32.2. The van der Waals surface area contributed by atoms with Crippen molar-refractivity contribution in [2.24, 2.45) is 0 Å². The van der Waals surface area contributed by atoms with Gasteiger partial charge in [0.15, 0.2) is 21.5 Å². The molecule has 1 aliphatic rings. The van der Waals surface area contributed by atoms with Crippen LogP contribution in [0.3, 0.4) is 0 Å². The number of sulfone groups is 1. The summed E-state index contributed by atoms with van der Waals surface area (Å²) >= 11 is 0. The average molecular weight is 379 g/mol. The van der Waals surface area contributed by atoms with E-state index in [1.54, 1.807) is 28.9 Å². The Balaban J connectivity index is 1.68. The number of aromatic nitrogens is 5. The SMILES string of the molecule is CS(=O)(=O)c1ccc(-n2nc(C3CC3)nc2-c2n[nH]c3ccccc23)cc1. The topological polar surface area (TPSA) is 93.5 Å². The molecule has 0 aliphatic heterocycles. The van der Waals surface area contributed by atoms with Crippen molar-refractivity contribution in [3.63, 3.8) is 0 Å². The highest BCUT2D eigenvalue weighted by Crippen LogP contribution is 2.39. The quantitative estimate of drug-likeness (QED) is 0.588. The molecular formula is C19H17N5O2S. The van der Waals surface area contributed by atoms with Crippen molar-refractivity contribution in [1.82, 2.24) is 25.0 Å². The minimum Gasteiger partial charge on any atom is -0.277 e. The fraction of sp³-hybridized carbons (Fsp3) is 0.211. The summed E-state index contributed by atoms with van der Waals surface area (Å²) in [7, 11) is -3.24. The number of nitrogens with one attached hydrogen (secondary N) is 1. The minimum absolute atomic E-state index is 0.278. The molecule has 7 nitrogen and oxygen atoms in total. The third kappa shape index (κ3) is 2.82. The summed E-state index contributed by atoms with van der Waals surface area (Å²) < 4.78 is 25.2. The molecule has 0 radical (unpaired) electrons. The summed E-state index contributed by atoms with van der Waals surface area (Å²) in [6, 6.07) is 14.6. The fourth-order valence-corrected chi connectivity index (χ4v) is 3.77. The second-order valence-electron chi connectivity index (χ2n) is 6.86. The Morgan fingerprint density at radius 2 is 1.81 bits per heavy atom. The van der Waals surface area contributed by atoms with Crippen LogP contribution in [0, 0.1) is 0 Å². The molecule has 2 aromatic heterocycles. The van der Waals surface area contributed by atoms with Gasteiger partial charge in [-0.1, -0.05) is 18.2 Å². The highest BCUT2D eigenvalue weighted by molar-refractivity contribution is 7.90. The van der Waals surface area contributed by atoms with Crippen LogP contribution < -0.4 is 0 Å². The first-order valence-corrected chi connectivity index (χ1v) is 10.6. The minimum atomic E-state index is -3.24. The van der Waals surface area contributed by atoms with Gasteiger partial charge < -0.3 is 0 Å². The standard InChI is InChI=1S/C19H17N5O2S/c1-27(25,26)14-10-8-13(9-11-14)24-19(20-18(23-24)12-6-7-12)17-15-4-2-3-5-16(15)21-22-17/h2-5,8-12H,6-7H2,1H3,(H,21,22). The van der Waals surface area contributed by atoms with E-state index in [0.29, 0.717) is 11.7 Å². The van der Waals surface area contributed by atoms with E-state index < -0.39 is 9.84 Å². The summed E-state index contributed by atoms with van der Waals surface area (Å²) in [6.07, 6.45) is 3.39. The van der Waals surface area contributed by atoms with Crippen LogP contribution in [0.2, 0.25) is 0 Å². The summed E-state index contributed by atoms with van der Waals surface area (Å²) in [5.74, 6) is 1.86. The maximum atomic E-state index is 11.7. The van der Waals surface area contributed by atoms with Crippen LogP contribution in [-0.2, 0) is 9.84 Å². The van der Waals surface area contributed by atoms with Gasteiger partial charge in [0.2, 0.25) is 0 Å². The van der Waals surface area contributed by atoms with Crippen molar-refractivity contribution in [1.29, 1.82) is 0 Å². The number of benzene rings is 2. The van der Waals surface area contributed by atoms with E-state index in [4.69, 9.17) is 10.1 Å². The maximum absolute atomic E-state index is 11.7. The lowest BCUT2D eigenvalue weighted by atomic mass is 10.2. The lowest BCUT2D eigenvalue weighted by Gasteiger charge is -2.06. The molecule has 8 heteroatoms. The lowest BCUT2D eigenvalue weighted by molar-refractivity contribution is 0.602. The second kappa shape index (κ2) is 5.75. The van der Waals surface area contributed by atoms with Crippen molar-refractivity contribution >= 4 is 20.7 Å². The van der Waals surface area contributed by atoms with Gasteiger partial charge in [-0.25, -0.2) is 18.1 Å². The van der Waals surface area contributed by atoms with E-state index in [0.717, 1.165) is 41.0 Å². The van der Waals surface area contributed by atoms with Crippen LogP contribution in [0.1, 0.15) is 24.6 Å². The second-order valence-corrected chi connectivity index (χ2v) is 8.88. The first-order chi connectivity index (χ1) is 13.0. The predicted octanol–water partition coefficient (Wildman–Crippen LogP) is 3.09. The lowest BCUT2D eigenvalue weighted by Crippen LogP contribution is -2.02. The smallest absolute Gasteiger partial charge is 0.184 e. The molecule has 27 heavy (non-hydrogen) atoms. The Morgan fingerprint density at radius 3 is 2.52 bits per heavy atom. The fourth-order valence-electron chi connectivity index (χ4n) is 3.14.